The van der Waals surface area contributed by atoms with Crippen molar-refractivity contribution in [3.05, 3.63) is 29.8 Å². The molecule has 98 valence electrons. The van der Waals surface area contributed by atoms with Gasteiger partial charge in [0.2, 0.25) is 5.91 Å². The van der Waals surface area contributed by atoms with Crippen molar-refractivity contribution in [3.63, 3.8) is 0 Å². The van der Waals surface area contributed by atoms with Crippen LogP contribution in [0, 0.1) is 5.92 Å². The Morgan fingerprint density at radius 3 is 3.06 bits per heavy atom. The maximum Gasteiger partial charge on any atom is 0.224 e. The Morgan fingerprint density at radius 2 is 2.33 bits per heavy atom. The highest BCUT2D eigenvalue weighted by atomic mass is 16.3. The van der Waals surface area contributed by atoms with Crippen LogP contribution in [0.3, 0.4) is 0 Å². The highest BCUT2D eigenvalue weighted by Crippen LogP contribution is 2.12. The largest absolute Gasteiger partial charge is 0.508 e. The lowest BCUT2D eigenvalue weighted by Crippen LogP contribution is -2.48. The molecule has 0 bridgehead atoms. The molecule has 2 rings (SSSR count). The van der Waals surface area contributed by atoms with Gasteiger partial charge in [-0.05, 0) is 36.6 Å². The van der Waals surface area contributed by atoms with E-state index in [2.05, 4.69) is 17.6 Å². The van der Waals surface area contributed by atoms with E-state index < -0.39 is 0 Å². The zero-order chi connectivity index (χ0) is 13.0. The minimum atomic E-state index is 0.0153. The second kappa shape index (κ2) is 5.87. The molecular weight excluding hydrogens is 228 g/mol. The zero-order valence-corrected chi connectivity index (χ0v) is 10.6. The molecule has 2 atom stereocenters. The van der Waals surface area contributed by atoms with E-state index in [0.717, 1.165) is 25.1 Å². The fourth-order valence-electron chi connectivity index (χ4n) is 2.40. The molecule has 0 spiro atoms. The van der Waals surface area contributed by atoms with Crippen molar-refractivity contribution in [1.82, 2.24) is 10.6 Å². The number of amides is 1. The molecule has 1 saturated heterocycles. The van der Waals surface area contributed by atoms with Gasteiger partial charge in [0.25, 0.3) is 0 Å². The quantitative estimate of drug-likeness (QED) is 0.749. The molecule has 4 heteroatoms. The molecule has 4 nitrogen and oxygen atoms in total. The lowest BCUT2D eigenvalue weighted by atomic mass is 9.97. The first kappa shape index (κ1) is 12.9. The predicted octanol–water partition coefficient (Wildman–Crippen LogP) is 1.05. The molecule has 1 heterocycles. The molecule has 2 unspecified atom stereocenters. The van der Waals surface area contributed by atoms with Gasteiger partial charge in [-0.1, -0.05) is 19.1 Å². The number of hydrogen-bond acceptors (Lipinski definition) is 3. The van der Waals surface area contributed by atoms with Crippen molar-refractivity contribution in [3.8, 4) is 5.75 Å². The Morgan fingerprint density at radius 1 is 1.50 bits per heavy atom. The summed E-state index contributed by atoms with van der Waals surface area (Å²) >= 11 is 0. The van der Waals surface area contributed by atoms with Crippen LogP contribution in [0.1, 0.15) is 18.9 Å². The van der Waals surface area contributed by atoms with E-state index in [1.165, 1.54) is 0 Å². The molecule has 1 aliphatic rings. The number of aromatic hydroxyl groups is 1. The molecule has 0 aromatic heterocycles. The minimum absolute atomic E-state index is 0.0153. The Labute approximate surface area is 107 Å². The van der Waals surface area contributed by atoms with Crippen LogP contribution in [0.15, 0.2) is 24.3 Å². The van der Waals surface area contributed by atoms with Crippen molar-refractivity contribution in [2.45, 2.75) is 25.8 Å². The van der Waals surface area contributed by atoms with Crippen molar-refractivity contribution in [2.24, 2.45) is 5.92 Å². The number of nitrogens with one attached hydrogen (secondary N) is 2. The third-order valence-corrected chi connectivity index (χ3v) is 3.21. The number of rotatable bonds is 3. The molecule has 1 amide bonds. The first-order chi connectivity index (χ1) is 8.63. The number of carbonyl (C=O) groups is 1. The molecular formula is C14H20N2O2. The normalized spacial score (nSPS) is 23.6. The summed E-state index contributed by atoms with van der Waals surface area (Å²) in [5.41, 5.74) is 0.837. The van der Waals surface area contributed by atoms with E-state index in [9.17, 15) is 9.90 Å². The molecule has 0 aliphatic carbocycles. The fourth-order valence-corrected chi connectivity index (χ4v) is 2.40. The van der Waals surface area contributed by atoms with Gasteiger partial charge in [0.15, 0.2) is 0 Å². The summed E-state index contributed by atoms with van der Waals surface area (Å²) < 4.78 is 0. The van der Waals surface area contributed by atoms with Crippen LogP contribution in [0.25, 0.3) is 0 Å². The van der Waals surface area contributed by atoms with Gasteiger partial charge in [-0.2, -0.15) is 0 Å². The summed E-state index contributed by atoms with van der Waals surface area (Å²) in [5, 5.41) is 15.7. The molecule has 0 saturated carbocycles. The second-order valence-electron chi connectivity index (χ2n) is 5.11. The third kappa shape index (κ3) is 3.74. The highest BCUT2D eigenvalue weighted by Gasteiger charge is 2.19. The maximum absolute atomic E-state index is 11.9. The Bertz CT molecular complexity index is 420. The summed E-state index contributed by atoms with van der Waals surface area (Å²) in [5.74, 6) is 0.819. The number of carbonyl (C=O) groups excluding carboxylic acids is 1. The third-order valence-electron chi connectivity index (χ3n) is 3.21. The Hall–Kier alpha value is -1.55. The van der Waals surface area contributed by atoms with Crippen molar-refractivity contribution < 1.29 is 9.90 Å². The van der Waals surface area contributed by atoms with Crippen molar-refractivity contribution >= 4 is 5.91 Å². The highest BCUT2D eigenvalue weighted by molar-refractivity contribution is 5.79. The molecule has 1 fully saturated rings. The first-order valence-corrected chi connectivity index (χ1v) is 6.41. The van der Waals surface area contributed by atoms with Crippen LogP contribution >= 0.6 is 0 Å². The van der Waals surface area contributed by atoms with Gasteiger partial charge >= 0.3 is 0 Å². The van der Waals surface area contributed by atoms with Gasteiger partial charge in [0.05, 0.1) is 6.42 Å². The van der Waals surface area contributed by atoms with E-state index >= 15 is 0 Å². The number of piperidine rings is 1. The fraction of sp³-hybridized carbons (Fsp3) is 0.500. The van der Waals surface area contributed by atoms with Gasteiger partial charge < -0.3 is 15.7 Å². The summed E-state index contributed by atoms with van der Waals surface area (Å²) in [6, 6.07) is 7.05. The van der Waals surface area contributed by atoms with Crippen LogP contribution in [-0.4, -0.2) is 30.1 Å². The summed E-state index contributed by atoms with van der Waals surface area (Å²) in [4.78, 5) is 11.9. The SMILES string of the molecule is CC1CNCC(NC(=O)Cc2cccc(O)c2)C1. The van der Waals surface area contributed by atoms with Crippen LogP contribution in [-0.2, 0) is 11.2 Å². The van der Waals surface area contributed by atoms with E-state index in [4.69, 9.17) is 0 Å². The second-order valence-corrected chi connectivity index (χ2v) is 5.11. The Kier molecular flexibility index (Phi) is 4.20. The average Bonchev–Trinajstić information content (AvgIpc) is 2.28. The smallest absolute Gasteiger partial charge is 0.224 e. The number of benzene rings is 1. The Balaban J connectivity index is 1.85. The monoisotopic (exact) mass is 248 g/mol. The number of phenolic OH excluding ortho intramolecular Hbond substituents is 1. The average molecular weight is 248 g/mol. The molecule has 1 aliphatic heterocycles. The van der Waals surface area contributed by atoms with E-state index in [0.29, 0.717) is 12.3 Å². The predicted molar refractivity (Wildman–Crippen MR) is 70.4 cm³/mol. The summed E-state index contributed by atoms with van der Waals surface area (Å²) in [6.07, 6.45) is 1.35. The molecule has 1 aromatic rings. The van der Waals surface area contributed by atoms with E-state index in [-0.39, 0.29) is 17.7 Å². The minimum Gasteiger partial charge on any atom is -0.508 e. The van der Waals surface area contributed by atoms with Gasteiger partial charge in [0.1, 0.15) is 5.75 Å². The molecule has 1 aromatic carbocycles. The van der Waals surface area contributed by atoms with Crippen LogP contribution in [0.5, 0.6) is 5.75 Å². The van der Waals surface area contributed by atoms with Gasteiger partial charge in [-0.15, -0.1) is 0 Å². The van der Waals surface area contributed by atoms with Gasteiger partial charge in [-0.25, -0.2) is 0 Å². The zero-order valence-electron chi connectivity index (χ0n) is 10.6. The van der Waals surface area contributed by atoms with E-state index in [1.807, 2.05) is 6.07 Å². The van der Waals surface area contributed by atoms with Crippen molar-refractivity contribution in [1.29, 1.82) is 0 Å². The van der Waals surface area contributed by atoms with E-state index in [1.54, 1.807) is 18.2 Å². The number of phenols is 1. The summed E-state index contributed by atoms with van der Waals surface area (Å²) in [6.45, 7) is 4.05. The lowest BCUT2D eigenvalue weighted by Gasteiger charge is -2.28. The van der Waals surface area contributed by atoms with Crippen LogP contribution in [0.4, 0.5) is 0 Å². The number of hydrogen-bond donors (Lipinski definition) is 3. The summed E-state index contributed by atoms with van der Waals surface area (Å²) in [7, 11) is 0. The lowest BCUT2D eigenvalue weighted by molar-refractivity contribution is -0.121. The van der Waals surface area contributed by atoms with Gasteiger partial charge in [0, 0.05) is 12.6 Å². The topological polar surface area (TPSA) is 61.4 Å². The van der Waals surface area contributed by atoms with Crippen LogP contribution in [0.2, 0.25) is 0 Å². The first-order valence-electron chi connectivity index (χ1n) is 6.41. The molecule has 18 heavy (non-hydrogen) atoms. The molecule has 3 N–H and O–H groups in total. The molecule has 0 radical (unpaired) electrons. The van der Waals surface area contributed by atoms with Crippen LogP contribution < -0.4 is 10.6 Å². The standard InChI is InChI=1S/C14H20N2O2/c1-10-5-12(9-15-8-10)16-14(18)7-11-3-2-4-13(17)6-11/h2-4,6,10,12,15,17H,5,7-9H2,1H3,(H,16,18). The maximum atomic E-state index is 11.9. The van der Waals surface area contributed by atoms with Crippen molar-refractivity contribution in [2.75, 3.05) is 13.1 Å². The van der Waals surface area contributed by atoms with Gasteiger partial charge in [-0.3, -0.25) is 4.79 Å².